The third kappa shape index (κ3) is 21.2. The van der Waals surface area contributed by atoms with E-state index in [1.54, 1.807) is 65.1 Å². The summed E-state index contributed by atoms with van der Waals surface area (Å²) >= 11 is 1.68. The van der Waals surface area contributed by atoms with Gasteiger partial charge in [-0.2, -0.15) is 0 Å². The molecule has 0 atom stereocenters. The molecule has 0 aliphatic heterocycles. The van der Waals surface area contributed by atoms with Gasteiger partial charge in [0, 0.05) is 103 Å². The van der Waals surface area contributed by atoms with Crippen molar-refractivity contribution in [3.63, 3.8) is 0 Å². The first-order chi connectivity index (χ1) is 56.4. The number of pyridine rings is 4. The van der Waals surface area contributed by atoms with Gasteiger partial charge < -0.3 is 37.9 Å². The molecule has 0 spiro atoms. The number of rotatable bonds is 30. The molecule has 3 aliphatic carbocycles. The molecule has 0 saturated heterocycles. The van der Waals surface area contributed by atoms with Gasteiger partial charge in [-0.3, -0.25) is 19.2 Å². The lowest BCUT2D eigenvalue weighted by molar-refractivity contribution is 0.0710. The highest BCUT2D eigenvalue weighted by Crippen LogP contribution is 2.37. The zero-order valence-corrected chi connectivity index (χ0v) is 70.2. The van der Waals surface area contributed by atoms with Crippen LogP contribution >= 0.6 is 11.8 Å². The number of aryl methyl sites for hydroxylation is 3. The second-order valence-corrected chi connectivity index (χ2v) is 32.5. The second-order valence-electron chi connectivity index (χ2n) is 31.6. The van der Waals surface area contributed by atoms with E-state index in [1.165, 1.54) is 62.3 Å². The van der Waals surface area contributed by atoms with Crippen LogP contribution in [0.4, 0.5) is 8.78 Å². The van der Waals surface area contributed by atoms with Crippen molar-refractivity contribution in [2.24, 2.45) is 11.8 Å². The minimum absolute atomic E-state index is 0.0625. The number of hydrogen-bond donors (Lipinski definition) is 0. The number of hydrogen-bond acceptors (Lipinski definition) is 13. The highest BCUT2D eigenvalue weighted by Gasteiger charge is 2.32. The number of carbonyl (C=O) groups is 4. The summed E-state index contributed by atoms with van der Waals surface area (Å²) in [6, 6.07) is 40.9. The van der Waals surface area contributed by atoms with Crippen LogP contribution < -0.4 is 0 Å². The van der Waals surface area contributed by atoms with Crippen molar-refractivity contribution >= 4 is 80.0 Å². The molecule has 23 heteroatoms. The monoisotopic (exact) mass is 1590 g/mol. The second kappa shape index (κ2) is 40.8. The van der Waals surface area contributed by atoms with Gasteiger partial charge in [0.1, 0.15) is 57.0 Å². The van der Waals surface area contributed by atoms with Gasteiger partial charge in [0.25, 0.3) is 23.6 Å². The van der Waals surface area contributed by atoms with E-state index in [0.717, 1.165) is 180 Å². The molecular formula is C93H114F2N16O4S. The molecule has 8 aromatic heterocycles. The number of halogens is 2. The molecular weight excluding hydrogens is 1480 g/mol. The Hall–Kier alpha value is -10.6. The molecule has 3 fully saturated rings. The smallest absolute Gasteiger partial charge is 0.254 e. The van der Waals surface area contributed by atoms with Gasteiger partial charge in [-0.15, -0.1) is 11.8 Å². The van der Waals surface area contributed by atoms with E-state index >= 15 is 0 Å². The lowest BCUT2D eigenvalue weighted by Gasteiger charge is -2.26. The number of amides is 4. The Labute approximate surface area is 686 Å². The number of fused-ring (bicyclic) bond motifs is 4. The highest BCUT2D eigenvalue weighted by molar-refractivity contribution is 7.98. The molecule has 116 heavy (non-hydrogen) atoms. The lowest BCUT2D eigenvalue weighted by Crippen LogP contribution is -2.35. The number of benzene rings is 4. The third-order valence-electron chi connectivity index (χ3n) is 22.1. The summed E-state index contributed by atoms with van der Waals surface area (Å²) in [7, 11) is 0. The summed E-state index contributed by atoms with van der Waals surface area (Å²) < 4.78 is 36.6. The van der Waals surface area contributed by atoms with E-state index < -0.39 is 5.82 Å². The molecule has 4 amide bonds. The molecule has 610 valence electrons. The van der Waals surface area contributed by atoms with Crippen molar-refractivity contribution in [1.82, 2.24) is 77.7 Å². The number of aromatic nitrogens is 12. The van der Waals surface area contributed by atoms with Crippen LogP contribution in [0.15, 0.2) is 163 Å². The van der Waals surface area contributed by atoms with E-state index in [0.29, 0.717) is 80.5 Å². The van der Waals surface area contributed by atoms with Gasteiger partial charge in [-0.05, 0) is 223 Å². The standard InChI is InChI=1S/C25H32N4O.C24H29FN4O.C22H27FN4O.C22H26N4OS/c1-4-5-15-28(25(30)21-13-12-18(2)16-19(21)3)17-23-27-22-11-8-14-26-24(22)29(23)20-9-6-7-10-20;1-16(2)14-28(24(30)19-10-6-11-20(25)17(19)3)15-22-27-21-12-7-13-26-23(21)29(22)18-8-4-5-9-18;1-3-5-6-14-26(22(28)17-9-7-10-18(23)15-17)16-20-25-19-11-8-12-24-21(19)27(20)13-4-2;1-3-13-25(22(27)17-8-10-18(28-2)11-9-17)15-20-24-19-5-4-12-23-21(19)26(20)14-16-6-7-16/h8,11-14,16,20H,4-7,9-10,15,17H2,1-3H3;6-7,10-13,16,18H,4-5,8-9,14-15H2,1-3H3;7-12,15H,3-6,13-14,16H2,1-2H3;4-5,8-12,16H,3,6-7,13-15H2,1-2H3. The highest BCUT2D eigenvalue weighted by atomic mass is 32.2. The first-order valence-corrected chi connectivity index (χ1v) is 43.2. The Morgan fingerprint density at radius 2 is 0.957 bits per heavy atom. The van der Waals surface area contributed by atoms with Crippen molar-refractivity contribution in [3.8, 4) is 0 Å². The quantitative estimate of drug-likeness (QED) is 0.0304. The zero-order valence-electron chi connectivity index (χ0n) is 69.4. The molecule has 12 aromatic rings. The minimum atomic E-state index is -0.401. The van der Waals surface area contributed by atoms with Crippen LogP contribution in [0.25, 0.3) is 44.7 Å². The van der Waals surface area contributed by atoms with Crippen LogP contribution in [0.1, 0.15) is 244 Å². The fourth-order valence-electron chi connectivity index (χ4n) is 16.0. The van der Waals surface area contributed by atoms with Gasteiger partial charge in [-0.1, -0.05) is 116 Å². The molecule has 0 radical (unpaired) electrons. The molecule has 20 nitrogen and oxygen atoms in total. The molecule has 0 unspecified atom stereocenters. The average molecular weight is 1590 g/mol. The van der Waals surface area contributed by atoms with Gasteiger partial charge in [0.2, 0.25) is 0 Å². The maximum Gasteiger partial charge on any atom is 0.254 e. The minimum Gasteiger partial charge on any atom is -0.331 e. The molecule has 15 rings (SSSR count). The average Bonchev–Trinajstić information content (AvgIpc) is 1.60. The predicted molar refractivity (Wildman–Crippen MR) is 458 cm³/mol. The van der Waals surface area contributed by atoms with Gasteiger partial charge >= 0.3 is 0 Å². The Kier molecular flexibility index (Phi) is 29.9. The van der Waals surface area contributed by atoms with E-state index in [2.05, 4.69) is 92.7 Å². The van der Waals surface area contributed by atoms with Crippen molar-refractivity contribution in [1.29, 1.82) is 0 Å². The van der Waals surface area contributed by atoms with Crippen LogP contribution in [-0.4, -0.2) is 134 Å². The fraction of sp³-hybridized carbons (Fsp3) is 0.441. The largest absolute Gasteiger partial charge is 0.331 e. The van der Waals surface area contributed by atoms with Crippen molar-refractivity contribution in [3.05, 3.63) is 232 Å². The van der Waals surface area contributed by atoms with Gasteiger partial charge in [0.15, 0.2) is 22.6 Å². The number of unbranched alkanes of at least 4 members (excludes halogenated alkanes) is 3. The molecule has 0 bridgehead atoms. The molecule has 0 N–H and O–H groups in total. The molecule has 8 heterocycles. The SMILES string of the molecule is CCCCCN(Cc1nc2cccnc2n1CCC)C(=O)c1cccc(F)c1.CCCCN(Cc1nc2cccnc2n1C1CCCC1)C(=O)c1ccc(C)cc1C.CCCN(Cc1nc2cccnc2n1CC1CC1)C(=O)c1ccc(SC)cc1.Cc1c(F)cccc1C(=O)N(Cc1nc2cccnc2n1C1CCCC1)CC(C)C. The maximum atomic E-state index is 14.1. The van der Waals surface area contributed by atoms with E-state index in [9.17, 15) is 28.0 Å². The predicted octanol–water partition coefficient (Wildman–Crippen LogP) is 20.3. The van der Waals surface area contributed by atoms with Crippen LogP contribution in [0.2, 0.25) is 0 Å². The number of imidazole rings is 4. The normalized spacial score (nSPS) is 13.6. The molecule has 3 aliphatic rings. The maximum absolute atomic E-state index is 14.1. The Morgan fingerprint density at radius 3 is 1.49 bits per heavy atom. The van der Waals surface area contributed by atoms with E-state index in [1.807, 2.05) is 120 Å². The van der Waals surface area contributed by atoms with Gasteiger partial charge in [0.05, 0.1) is 26.2 Å². The van der Waals surface area contributed by atoms with Crippen LogP contribution in [0.3, 0.4) is 0 Å². The van der Waals surface area contributed by atoms with Crippen molar-refractivity contribution in [2.75, 3.05) is 32.4 Å². The van der Waals surface area contributed by atoms with Crippen LogP contribution in [-0.2, 0) is 39.3 Å². The summed E-state index contributed by atoms with van der Waals surface area (Å²) in [6.07, 6.45) is 28.2. The molecule has 4 aromatic carbocycles. The molecule has 3 saturated carbocycles. The zero-order chi connectivity index (χ0) is 81.8. The van der Waals surface area contributed by atoms with Crippen LogP contribution in [0, 0.1) is 44.2 Å². The van der Waals surface area contributed by atoms with Gasteiger partial charge in [-0.25, -0.2) is 48.7 Å². The Morgan fingerprint density at radius 1 is 0.466 bits per heavy atom. The van der Waals surface area contributed by atoms with E-state index in [-0.39, 0.29) is 35.4 Å². The third-order valence-corrected chi connectivity index (χ3v) is 22.8. The number of carbonyl (C=O) groups excluding carboxylic acids is 4. The Balaban J connectivity index is 0.000000143. The lowest BCUT2D eigenvalue weighted by atomic mass is 10.0. The first-order valence-electron chi connectivity index (χ1n) is 42.0. The van der Waals surface area contributed by atoms with Crippen molar-refractivity contribution < 1.29 is 28.0 Å². The summed E-state index contributed by atoms with van der Waals surface area (Å²) in [4.78, 5) is 99.4. The van der Waals surface area contributed by atoms with E-state index in [4.69, 9.17) is 19.9 Å². The summed E-state index contributed by atoms with van der Waals surface area (Å²) in [5.41, 5.74) is 12.0. The number of nitrogens with zero attached hydrogens (tertiary/aromatic N) is 16. The van der Waals surface area contributed by atoms with Crippen LogP contribution in [0.5, 0.6) is 0 Å². The fourth-order valence-corrected chi connectivity index (χ4v) is 16.4. The number of thioether (sulfide) groups is 1. The topological polar surface area (TPSA) is 204 Å². The Bertz CT molecular complexity index is 5290. The summed E-state index contributed by atoms with van der Waals surface area (Å²) in [5, 5.41) is 0. The summed E-state index contributed by atoms with van der Waals surface area (Å²) in [6.45, 7) is 24.6. The first kappa shape index (κ1) is 84.8. The summed E-state index contributed by atoms with van der Waals surface area (Å²) in [5.74, 6) is 3.65. The van der Waals surface area contributed by atoms with Crippen molar-refractivity contribution in [2.45, 2.75) is 228 Å².